The highest BCUT2D eigenvalue weighted by molar-refractivity contribution is 9.10. The van der Waals surface area contributed by atoms with E-state index in [-0.39, 0.29) is 6.42 Å². The van der Waals surface area contributed by atoms with Crippen molar-refractivity contribution in [3.05, 3.63) is 63.7 Å². The van der Waals surface area contributed by atoms with Gasteiger partial charge in [-0.05, 0) is 64.4 Å². The zero-order valence-electron chi connectivity index (χ0n) is 12.3. The van der Waals surface area contributed by atoms with Gasteiger partial charge in [-0.15, -0.1) is 0 Å². The normalized spacial score (nSPS) is 20.6. The van der Waals surface area contributed by atoms with Crippen molar-refractivity contribution in [1.29, 1.82) is 0 Å². The van der Waals surface area contributed by atoms with E-state index in [1.807, 2.05) is 24.3 Å². The Balaban J connectivity index is 1.92. The van der Waals surface area contributed by atoms with E-state index < -0.39 is 12.1 Å². The van der Waals surface area contributed by atoms with Crippen LogP contribution in [0.15, 0.2) is 52.5 Å². The van der Waals surface area contributed by atoms with Gasteiger partial charge in [0.15, 0.2) is 0 Å². The van der Waals surface area contributed by atoms with Gasteiger partial charge in [0.1, 0.15) is 0 Å². The van der Waals surface area contributed by atoms with Gasteiger partial charge in [0, 0.05) is 4.47 Å². The fourth-order valence-electron chi connectivity index (χ4n) is 3.81. The SMILES string of the molecule is FC(F)(F)C1CC=CC2=C1CCc1c2ccc2cc(Br)ccc12. The molecule has 118 valence electrons. The topological polar surface area (TPSA) is 0 Å². The first-order chi connectivity index (χ1) is 10.9. The molecule has 0 aliphatic heterocycles. The van der Waals surface area contributed by atoms with Gasteiger partial charge in [-0.1, -0.05) is 46.3 Å². The van der Waals surface area contributed by atoms with Crippen LogP contribution in [0, 0.1) is 5.92 Å². The van der Waals surface area contributed by atoms with E-state index in [1.165, 1.54) is 5.56 Å². The van der Waals surface area contributed by atoms with E-state index in [0.29, 0.717) is 18.4 Å². The van der Waals surface area contributed by atoms with Crippen LogP contribution in [0.4, 0.5) is 13.2 Å². The second-order valence-corrected chi connectivity index (χ2v) is 7.04. The molecule has 0 nitrogen and oxygen atoms in total. The summed E-state index contributed by atoms with van der Waals surface area (Å²) in [5.74, 6) is -1.32. The molecule has 23 heavy (non-hydrogen) atoms. The average molecular weight is 379 g/mol. The summed E-state index contributed by atoms with van der Waals surface area (Å²) in [6, 6.07) is 10.1. The Morgan fingerprint density at radius 2 is 1.87 bits per heavy atom. The standard InChI is InChI=1S/C19H14BrF3/c20-12-5-7-13-11(10-12)4-6-16-14-2-1-3-18(19(21,22)23)17(14)9-8-15(13)16/h1-2,4-7,10,18H,3,8-9H2. The van der Waals surface area contributed by atoms with Crippen LogP contribution in [-0.2, 0) is 6.42 Å². The van der Waals surface area contributed by atoms with E-state index in [9.17, 15) is 13.2 Å². The summed E-state index contributed by atoms with van der Waals surface area (Å²) in [5, 5.41) is 2.26. The third-order valence-electron chi connectivity index (χ3n) is 4.85. The minimum absolute atomic E-state index is 0.0677. The van der Waals surface area contributed by atoms with Gasteiger partial charge in [0.25, 0.3) is 0 Å². The molecule has 4 heteroatoms. The highest BCUT2D eigenvalue weighted by Gasteiger charge is 2.43. The summed E-state index contributed by atoms with van der Waals surface area (Å²) in [5.41, 5.74) is 3.47. The largest absolute Gasteiger partial charge is 0.395 e. The number of aryl methyl sites for hydroxylation is 1. The molecule has 0 saturated heterocycles. The van der Waals surface area contributed by atoms with E-state index in [4.69, 9.17) is 0 Å². The summed E-state index contributed by atoms with van der Waals surface area (Å²) >= 11 is 3.47. The fourth-order valence-corrected chi connectivity index (χ4v) is 4.19. The van der Waals surface area contributed by atoms with Gasteiger partial charge in [-0.2, -0.15) is 13.2 Å². The molecule has 0 bridgehead atoms. The van der Waals surface area contributed by atoms with Crippen LogP contribution in [0.3, 0.4) is 0 Å². The number of benzene rings is 2. The van der Waals surface area contributed by atoms with Crippen LogP contribution >= 0.6 is 15.9 Å². The first-order valence-corrected chi connectivity index (χ1v) is 8.42. The van der Waals surface area contributed by atoms with Gasteiger partial charge in [-0.3, -0.25) is 0 Å². The van der Waals surface area contributed by atoms with E-state index in [1.54, 1.807) is 6.08 Å². The maximum atomic E-state index is 13.3. The number of hydrogen-bond donors (Lipinski definition) is 0. The van der Waals surface area contributed by atoms with Crippen molar-refractivity contribution in [2.24, 2.45) is 5.92 Å². The van der Waals surface area contributed by atoms with Crippen molar-refractivity contribution in [3.8, 4) is 0 Å². The number of allylic oxidation sites excluding steroid dienone is 4. The van der Waals surface area contributed by atoms with E-state index in [2.05, 4.69) is 28.1 Å². The lowest BCUT2D eigenvalue weighted by atomic mass is 9.75. The molecule has 0 radical (unpaired) electrons. The zero-order chi connectivity index (χ0) is 16.2. The smallest absolute Gasteiger partial charge is 0.170 e. The number of rotatable bonds is 0. The van der Waals surface area contributed by atoms with E-state index in [0.717, 1.165) is 26.4 Å². The molecule has 0 amide bonds. The van der Waals surface area contributed by atoms with Gasteiger partial charge in [0.05, 0.1) is 5.92 Å². The Morgan fingerprint density at radius 3 is 2.65 bits per heavy atom. The average Bonchev–Trinajstić information content (AvgIpc) is 2.52. The van der Waals surface area contributed by atoms with Crippen LogP contribution in [-0.4, -0.2) is 6.18 Å². The Labute approximate surface area is 140 Å². The molecule has 2 aromatic carbocycles. The number of hydrogen-bond acceptors (Lipinski definition) is 0. The number of alkyl halides is 3. The van der Waals surface area contributed by atoms with Crippen LogP contribution < -0.4 is 0 Å². The van der Waals surface area contributed by atoms with Crippen molar-refractivity contribution in [2.45, 2.75) is 25.4 Å². The molecular formula is C19H14BrF3. The zero-order valence-corrected chi connectivity index (χ0v) is 13.8. The minimum atomic E-state index is -4.16. The van der Waals surface area contributed by atoms with Crippen molar-refractivity contribution in [3.63, 3.8) is 0 Å². The lowest BCUT2D eigenvalue weighted by Crippen LogP contribution is -2.28. The first kappa shape index (κ1) is 15.0. The summed E-state index contributed by atoms with van der Waals surface area (Å²) in [4.78, 5) is 0. The predicted octanol–water partition coefficient (Wildman–Crippen LogP) is 6.44. The van der Waals surface area contributed by atoms with Crippen molar-refractivity contribution < 1.29 is 13.2 Å². The third kappa shape index (κ3) is 2.44. The first-order valence-electron chi connectivity index (χ1n) is 7.63. The molecule has 0 N–H and O–H groups in total. The molecule has 4 rings (SSSR count). The number of halogens is 4. The lowest BCUT2D eigenvalue weighted by Gasteiger charge is -2.32. The summed E-state index contributed by atoms with van der Waals surface area (Å²) in [6.07, 6.45) is 0.612. The van der Waals surface area contributed by atoms with Crippen LogP contribution in [0.2, 0.25) is 0 Å². The summed E-state index contributed by atoms with van der Waals surface area (Å²) in [6.45, 7) is 0. The molecule has 0 spiro atoms. The van der Waals surface area contributed by atoms with E-state index >= 15 is 0 Å². The number of fused-ring (bicyclic) bond motifs is 4. The van der Waals surface area contributed by atoms with Crippen LogP contribution in [0.5, 0.6) is 0 Å². The lowest BCUT2D eigenvalue weighted by molar-refractivity contribution is -0.163. The highest BCUT2D eigenvalue weighted by Crippen LogP contribution is 2.47. The minimum Gasteiger partial charge on any atom is -0.170 e. The maximum absolute atomic E-state index is 13.3. The van der Waals surface area contributed by atoms with Crippen molar-refractivity contribution >= 4 is 32.3 Å². The van der Waals surface area contributed by atoms with Gasteiger partial charge >= 0.3 is 6.18 Å². The summed E-state index contributed by atoms with van der Waals surface area (Å²) < 4.78 is 40.9. The highest BCUT2D eigenvalue weighted by atomic mass is 79.9. The summed E-state index contributed by atoms with van der Waals surface area (Å²) in [7, 11) is 0. The quantitative estimate of drug-likeness (QED) is 0.494. The van der Waals surface area contributed by atoms with Crippen molar-refractivity contribution in [2.75, 3.05) is 0 Å². The predicted molar refractivity (Wildman–Crippen MR) is 90.2 cm³/mol. The molecule has 2 aliphatic carbocycles. The Morgan fingerprint density at radius 1 is 1.04 bits per heavy atom. The van der Waals surface area contributed by atoms with Crippen LogP contribution in [0.25, 0.3) is 16.3 Å². The second kappa shape index (κ2) is 5.23. The molecule has 2 aliphatic rings. The molecule has 0 heterocycles. The Kier molecular flexibility index (Phi) is 3.41. The Hall–Kier alpha value is -1.55. The molecule has 0 fully saturated rings. The Bertz CT molecular complexity index is 859. The molecule has 1 atom stereocenters. The fraction of sp³-hybridized carbons (Fsp3) is 0.263. The van der Waals surface area contributed by atoms with Crippen LogP contribution in [0.1, 0.15) is 24.0 Å². The second-order valence-electron chi connectivity index (χ2n) is 6.13. The van der Waals surface area contributed by atoms with Gasteiger partial charge in [-0.25, -0.2) is 0 Å². The maximum Gasteiger partial charge on any atom is 0.395 e. The van der Waals surface area contributed by atoms with Gasteiger partial charge < -0.3 is 0 Å². The molecular weight excluding hydrogens is 365 g/mol. The molecule has 0 aromatic heterocycles. The van der Waals surface area contributed by atoms with Crippen molar-refractivity contribution in [1.82, 2.24) is 0 Å². The van der Waals surface area contributed by atoms with Gasteiger partial charge in [0.2, 0.25) is 0 Å². The molecule has 1 unspecified atom stereocenters. The monoisotopic (exact) mass is 378 g/mol. The molecule has 2 aromatic rings. The third-order valence-corrected chi connectivity index (χ3v) is 5.34. The molecule has 0 saturated carbocycles.